The van der Waals surface area contributed by atoms with E-state index in [9.17, 15) is 29.0 Å². The Labute approximate surface area is 199 Å². The number of benzene rings is 1. The molecule has 34 heavy (non-hydrogen) atoms. The zero-order valence-corrected chi connectivity index (χ0v) is 19.0. The van der Waals surface area contributed by atoms with Gasteiger partial charge in [0.05, 0.1) is 17.2 Å². The van der Waals surface area contributed by atoms with Gasteiger partial charge in [-0.1, -0.05) is 17.7 Å². The van der Waals surface area contributed by atoms with Crippen LogP contribution in [0.3, 0.4) is 0 Å². The van der Waals surface area contributed by atoms with E-state index >= 15 is 0 Å². The lowest BCUT2D eigenvalue weighted by atomic mass is 9.95. The van der Waals surface area contributed by atoms with Gasteiger partial charge in [-0.05, 0) is 49.3 Å². The van der Waals surface area contributed by atoms with Crippen molar-refractivity contribution in [1.29, 1.82) is 0 Å². The number of hydrogen-bond acceptors (Lipinski definition) is 5. The summed E-state index contributed by atoms with van der Waals surface area (Å²) in [7, 11) is 0. The number of aromatic hydroxyl groups is 1. The van der Waals surface area contributed by atoms with Crippen molar-refractivity contribution >= 4 is 23.4 Å². The number of carbonyl (C=O) groups excluding carboxylic acids is 2. The van der Waals surface area contributed by atoms with Gasteiger partial charge in [-0.3, -0.25) is 19.0 Å². The highest BCUT2D eigenvalue weighted by Crippen LogP contribution is 2.64. The Morgan fingerprint density at radius 2 is 2.00 bits per heavy atom. The minimum absolute atomic E-state index is 0.0592. The lowest BCUT2D eigenvalue weighted by Gasteiger charge is -2.38. The maximum absolute atomic E-state index is 13.6. The van der Waals surface area contributed by atoms with Gasteiger partial charge in [0.15, 0.2) is 5.75 Å². The minimum Gasteiger partial charge on any atom is -0.502 e. The Balaban J connectivity index is 1.45. The van der Waals surface area contributed by atoms with Gasteiger partial charge in [-0.25, -0.2) is 4.39 Å². The third kappa shape index (κ3) is 2.71. The largest absolute Gasteiger partial charge is 0.502 e. The van der Waals surface area contributed by atoms with Crippen molar-refractivity contribution in [1.82, 2.24) is 14.4 Å². The maximum Gasteiger partial charge on any atom is 0.296 e. The number of aliphatic hydroxyl groups excluding tert-OH is 1. The zero-order valence-electron chi connectivity index (χ0n) is 18.3. The van der Waals surface area contributed by atoms with Crippen LogP contribution >= 0.6 is 11.6 Å². The van der Waals surface area contributed by atoms with Gasteiger partial charge in [0.1, 0.15) is 17.2 Å². The van der Waals surface area contributed by atoms with Gasteiger partial charge in [-0.2, -0.15) is 0 Å². The number of amides is 2. The molecule has 2 aromatic rings. The Bertz CT molecular complexity index is 1330. The fourth-order valence-corrected chi connectivity index (χ4v) is 6.65. The first-order valence-electron chi connectivity index (χ1n) is 11.5. The molecule has 10 heteroatoms. The number of aliphatic hydroxyl groups is 1. The smallest absolute Gasteiger partial charge is 0.296 e. The van der Waals surface area contributed by atoms with Gasteiger partial charge in [0.25, 0.3) is 17.4 Å². The molecular formula is C24H23ClFN3O5. The summed E-state index contributed by atoms with van der Waals surface area (Å²) in [6, 6.07) is 4.17. The van der Waals surface area contributed by atoms with Crippen molar-refractivity contribution in [2.75, 3.05) is 19.7 Å². The van der Waals surface area contributed by atoms with E-state index in [1.165, 1.54) is 27.7 Å². The molecule has 8 nitrogen and oxygen atoms in total. The fourth-order valence-electron chi connectivity index (χ4n) is 6.44. The number of rotatable bonds is 4. The van der Waals surface area contributed by atoms with Crippen LogP contribution in [0.4, 0.5) is 4.39 Å². The number of fused-ring (bicyclic) bond motifs is 6. The zero-order chi connectivity index (χ0) is 23.9. The molecule has 1 aromatic carbocycles. The summed E-state index contributed by atoms with van der Waals surface area (Å²) >= 11 is 5.87. The monoisotopic (exact) mass is 487 g/mol. The first kappa shape index (κ1) is 21.6. The molecule has 1 spiro atoms. The number of halogens is 2. The number of nitrogens with zero attached hydrogens (tertiary/aromatic N) is 3. The molecule has 3 unspecified atom stereocenters. The summed E-state index contributed by atoms with van der Waals surface area (Å²) in [5.41, 5.74) is -0.615. The van der Waals surface area contributed by atoms with Crippen molar-refractivity contribution in [2.24, 2.45) is 11.8 Å². The van der Waals surface area contributed by atoms with E-state index in [2.05, 4.69) is 0 Å². The van der Waals surface area contributed by atoms with Crippen molar-refractivity contribution in [3.63, 3.8) is 0 Å². The molecule has 2 N–H and O–H groups in total. The standard InChI is InChI=1S/C24H23ClFN3O5/c25-16-9-12(1-2-17(16)26)11-27-6-4-14-18(21(27)32)20(31)23(34)29-19(14)22(33)28(7-8-30)24(29)5-3-13-10-15(13)24/h1-2,9,13,15,30-31H,3-8,10-11H2. The lowest BCUT2D eigenvalue weighted by Crippen LogP contribution is -2.51. The van der Waals surface area contributed by atoms with Gasteiger partial charge < -0.3 is 20.0 Å². The summed E-state index contributed by atoms with van der Waals surface area (Å²) < 4.78 is 15.0. The highest BCUT2D eigenvalue weighted by molar-refractivity contribution is 6.30. The molecule has 6 rings (SSSR count). The second-order valence-corrected chi connectivity index (χ2v) is 10.0. The molecule has 0 bridgehead atoms. The molecule has 2 aliphatic carbocycles. The molecule has 2 amide bonds. The highest BCUT2D eigenvalue weighted by atomic mass is 35.5. The van der Waals surface area contributed by atoms with Crippen molar-refractivity contribution in [3.8, 4) is 5.75 Å². The van der Waals surface area contributed by atoms with E-state index in [0.717, 1.165) is 12.8 Å². The van der Waals surface area contributed by atoms with Crippen LogP contribution in [0, 0.1) is 17.7 Å². The molecule has 2 fully saturated rings. The molecule has 178 valence electrons. The predicted molar refractivity (Wildman–Crippen MR) is 119 cm³/mol. The molecule has 0 radical (unpaired) electrons. The number of carbonyl (C=O) groups is 2. The van der Waals surface area contributed by atoms with E-state index in [-0.39, 0.29) is 60.8 Å². The van der Waals surface area contributed by atoms with Crippen molar-refractivity contribution < 1.29 is 24.2 Å². The maximum atomic E-state index is 13.6. The van der Waals surface area contributed by atoms with E-state index < -0.39 is 28.7 Å². The van der Waals surface area contributed by atoms with Crippen molar-refractivity contribution in [2.45, 2.75) is 37.9 Å². The summed E-state index contributed by atoms with van der Waals surface area (Å²) in [5.74, 6) is -1.61. The molecule has 1 aromatic heterocycles. The third-order valence-corrected chi connectivity index (χ3v) is 8.26. The summed E-state index contributed by atoms with van der Waals surface area (Å²) in [6.07, 6.45) is 2.63. The van der Waals surface area contributed by atoms with Crippen LogP contribution in [0.5, 0.6) is 5.75 Å². The molecule has 0 saturated heterocycles. The van der Waals surface area contributed by atoms with Crippen LogP contribution in [0.1, 0.15) is 51.2 Å². The van der Waals surface area contributed by atoms with E-state index in [1.807, 2.05) is 0 Å². The predicted octanol–water partition coefficient (Wildman–Crippen LogP) is 2.08. The number of hydrogen-bond donors (Lipinski definition) is 2. The van der Waals surface area contributed by atoms with Crippen LogP contribution in [0.15, 0.2) is 23.0 Å². The average Bonchev–Trinajstić information content (AvgIpc) is 3.46. The number of pyridine rings is 1. The summed E-state index contributed by atoms with van der Waals surface area (Å²) in [5, 5.41) is 20.6. The van der Waals surface area contributed by atoms with E-state index in [1.54, 1.807) is 4.90 Å². The van der Waals surface area contributed by atoms with E-state index in [0.29, 0.717) is 23.5 Å². The SMILES string of the molecule is O=C1c2c(c3n(c(=O)c2O)C2(CCC4CC42)N(CCO)C3=O)CCN1Cc1ccc(F)c(Cl)c1. The third-order valence-electron chi connectivity index (χ3n) is 7.97. The van der Waals surface area contributed by atoms with Crippen LogP contribution in [0.2, 0.25) is 5.02 Å². The molecule has 3 atom stereocenters. The highest BCUT2D eigenvalue weighted by Gasteiger charge is 2.67. The topological polar surface area (TPSA) is 103 Å². The average molecular weight is 488 g/mol. The van der Waals surface area contributed by atoms with Gasteiger partial charge in [0, 0.05) is 31.1 Å². The Morgan fingerprint density at radius 3 is 2.65 bits per heavy atom. The first-order valence-corrected chi connectivity index (χ1v) is 11.8. The van der Waals surface area contributed by atoms with E-state index in [4.69, 9.17) is 11.6 Å². The first-order chi connectivity index (χ1) is 16.3. The van der Waals surface area contributed by atoms with Crippen LogP contribution < -0.4 is 5.56 Å². The molecular weight excluding hydrogens is 465 g/mol. The second-order valence-electron chi connectivity index (χ2n) is 9.62. The Kier molecular flexibility index (Phi) is 4.64. The molecule has 2 saturated carbocycles. The van der Waals surface area contributed by atoms with Crippen LogP contribution in [0.25, 0.3) is 0 Å². The van der Waals surface area contributed by atoms with Gasteiger partial charge in [-0.15, -0.1) is 0 Å². The Morgan fingerprint density at radius 1 is 1.21 bits per heavy atom. The number of β-amino-alcohol motifs (C(OH)–C–C–N with tert-alkyl or cyclic N) is 1. The van der Waals surface area contributed by atoms with Crippen LogP contribution in [-0.4, -0.2) is 56.1 Å². The van der Waals surface area contributed by atoms with Crippen molar-refractivity contribution in [3.05, 3.63) is 61.8 Å². The molecule has 4 aliphatic rings. The normalized spacial score (nSPS) is 26.8. The lowest BCUT2D eigenvalue weighted by molar-refractivity contribution is 0.0180. The quantitative estimate of drug-likeness (QED) is 0.687. The fraction of sp³-hybridized carbons (Fsp3) is 0.458. The van der Waals surface area contributed by atoms with Crippen LogP contribution in [-0.2, 0) is 18.6 Å². The second kappa shape index (κ2) is 7.29. The molecule has 2 aliphatic heterocycles. The number of aromatic nitrogens is 1. The Hall–Kier alpha value is -2.91. The van der Waals surface area contributed by atoms with Gasteiger partial charge in [0.2, 0.25) is 0 Å². The molecule has 3 heterocycles. The minimum atomic E-state index is -0.881. The summed E-state index contributed by atoms with van der Waals surface area (Å²) in [4.78, 5) is 43.5. The van der Waals surface area contributed by atoms with Gasteiger partial charge >= 0.3 is 0 Å². The summed E-state index contributed by atoms with van der Waals surface area (Å²) in [6.45, 7) is 0.227.